The van der Waals surface area contributed by atoms with E-state index in [9.17, 15) is 0 Å². The number of hydrogen-bond donors (Lipinski definition) is 1. The fraction of sp³-hybridized carbons (Fsp3) is 0.286. The summed E-state index contributed by atoms with van der Waals surface area (Å²) in [7, 11) is 3.47. The third-order valence-corrected chi connectivity index (χ3v) is 3.53. The minimum absolute atomic E-state index is 0.555. The summed E-state index contributed by atoms with van der Waals surface area (Å²) in [6.45, 7) is 2.49. The molecule has 104 valence electrons. The molecule has 0 aliphatic heterocycles. The molecule has 0 saturated heterocycles. The molecule has 0 fully saturated rings. The van der Waals surface area contributed by atoms with Crippen LogP contribution in [0.3, 0.4) is 0 Å². The average molecular weight is 335 g/mol. The molecule has 2 aromatic rings. The van der Waals surface area contributed by atoms with E-state index in [0.29, 0.717) is 12.1 Å². The van der Waals surface area contributed by atoms with Crippen LogP contribution in [0.15, 0.2) is 22.7 Å². The number of nitrogens with one attached hydrogen (secondary N) is 1. The first-order valence-corrected chi connectivity index (χ1v) is 6.86. The topological polar surface area (TPSA) is 62.9 Å². The molecule has 1 heterocycles. The van der Waals surface area contributed by atoms with Crippen LogP contribution in [-0.2, 0) is 13.6 Å². The molecular weight excluding hydrogens is 320 g/mol. The first-order valence-electron chi connectivity index (χ1n) is 6.06. The van der Waals surface area contributed by atoms with E-state index in [-0.39, 0.29) is 0 Å². The van der Waals surface area contributed by atoms with Crippen molar-refractivity contribution >= 4 is 21.6 Å². The Morgan fingerprint density at radius 3 is 2.90 bits per heavy atom. The highest BCUT2D eigenvalue weighted by Crippen LogP contribution is 2.24. The summed E-state index contributed by atoms with van der Waals surface area (Å²) < 4.78 is 7.94. The third-order valence-electron chi connectivity index (χ3n) is 3.04. The largest absolute Gasteiger partial charge is 0.481 e. The molecule has 2 rings (SSSR count). The summed E-state index contributed by atoms with van der Waals surface area (Å²) in [5, 5.41) is 16.7. The zero-order chi connectivity index (χ0) is 14.7. The van der Waals surface area contributed by atoms with E-state index in [2.05, 4.69) is 32.4 Å². The van der Waals surface area contributed by atoms with Crippen LogP contribution in [0.5, 0.6) is 5.88 Å². The van der Waals surface area contributed by atoms with E-state index in [4.69, 9.17) is 10.00 Å². The Balaban J connectivity index is 2.24. The van der Waals surface area contributed by atoms with E-state index in [1.165, 1.54) is 0 Å². The summed E-state index contributed by atoms with van der Waals surface area (Å²) in [5.41, 5.74) is 3.29. The number of halogens is 1. The average Bonchev–Trinajstić information content (AvgIpc) is 2.70. The van der Waals surface area contributed by atoms with E-state index >= 15 is 0 Å². The van der Waals surface area contributed by atoms with Crippen LogP contribution in [0.4, 0.5) is 5.69 Å². The van der Waals surface area contributed by atoms with Crippen LogP contribution in [0, 0.1) is 18.3 Å². The van der Waals surface area contributed by atoms with Gasteiger partial charge in [0.1, 0.15) is 6.07 Å². The molecular formula is C14H15BrN4O. The molecule has 0 unspecified atom stereocenters. The SMILES string of the molecule is COc1c(CNc2ccc(Br)cc2C#N)c(C)nn1C. The Morgan fingerprint density at radius 1 is 1.50 bits per heavy atom. The van der Waals surface area contributed by atoms with Gasteiger partial charge in [0, 0.05) is 18.1 Å². The van der Waals surface area contributed by atoms with Gasteiger partial charge in [0.25, 0.3) is 0 Å². The maximum absolute atomic E-state index is 9.15. The first kappa shape index (κ1) is 14.4. The van der Waals surface area contributed by atoms with Crippen molar-refractivity contribution in [2.75, 3.05) is 12.4 Å². The first-order chi connectivity index (χ1) is 9.56. The Labute approximate surface area is 126 Å². The van der Waals surface area contributed by atoms with Crippen LogP contribution in [0.25, 0.3) is 0 Å². The van der Waals surface area contributed by atoms with Crippen molar-refractivity contribution in [1.29, 1.82) is 5.26 Å². The van der Waals surface area contributed by atoms with Crippen LogP contribution >= 0.6 is 15.9 Å². The second-order valence-electron chi connectivity index (χ2n) is 4.35. The third kappa shape index (κ3) is 2.78. The lowest BCUT2D eigenvalue weighted by Gasteiger charge is -2.09. The highest BCUT2D eigenvalue weighted by Gasteiger charge is 2.14. The summed E-state index contributed by atoms with van der Waals surface area (Å²) in [4.78, 5) is 0. The van der Waals surface area contributed by atoms with Crippen molar-refractivity contribution in [1.82, 2.24) is 9.78 Å². The number of benzene rings is 1. The van der Waals surface area contributed by atoms with Gasteiger partial charge in [-0.15, -0.1) is 0 Å². The van der Waals surface area contributed by atoms with E-state index in [1.807, 2.05) is 26.1 Å². The van der Waals surface area contributed by atoms with Gasteiger partial charge in [-0.25, -0.2) is 4.68 Å². The van der Waals surface area contributed by atoms with Crippen LogP contribution < -0.4 is 10.1 Å². The van der Waals surface area contributed by atoms with Crippen LogP contribution in [-0.4, -0.2) is 16.9 Å². The Hall–Kier alpha value is -2.00. The van der Waals surface area contributed by atoms with Gasteiger partial charge in [-0.2, -0.15) is 10.4 Å². The van der Waals surface area contributed by atoms with E-state index in [0.717, 1.165) is 27.3 Å². The van der Waals surface area contributed by atoms with Crippen molar-refractivity contribution < 1.29 is 4.74 Å². The number of aryl methyl sites for hydroxylation is 2. The zero-order valence-corrected chi connectivity index (χ0v) is 13.2. The normalized spacial score (nSPS) is 10.2. The lowest BCUT2D eigenvalue weighted by atomic mass is 10.2. The molecule has 0 radical (unpaired) electrons. The number of nitriles is 1. The summed E-state index contributed by atoms with van der Waals surface area (Å²) in [5.74, 6) is 0.727. The molecule has 1 aromatic heterocycles. The molecule has 0 bridgehead atoms. The second kappa shape index (κ2) is 5.97. The monoisotopic (exact) mass is 334 g/mol. The molecule has 0 atom stereocenters. The number of rotatable bonds is 4. The Morgan fingerprint density at radius 2 is 2.25 bits per heavy atom. The zero-order valence-electron chi connectivity index (χ0n) is 11.6. The van der Waals surface area contributed by atoms with Gasteiger partial charge in [0.2, 0.25) is 5.88 Å². The molecule has 0 saturated carbocycles. The number of aromatic nitrogens is 2. The minimum atomic E-state index is 0.555. The molecule has 20 heavy (non-hydrogen) atoms. The predicted molar refractivity (Wildman–Crippen MR) is 80.7 cm³/mol. The highest BCUT2D eigenvalue weighted by molar-refractivity contribution is 9.10. The Kier molecular flexibility index (Phi) is 4.30. The molecule has 6 heteroatoms. The van der Waals surface area contributed by atoms with Crippen molar-refractivity contribution in [3.05, 3.63) is 39.5 Å². The fourth-order valence-electron chi connectivity index (χ4n) is 2.09. The summed E-state index contributed by atoms with van der Waals surface area (Å²) in [6.07, 6.45) is 0. The standard InChI is InChI=1S/C14H15BrN4O/c1-9-12(14(20-3)19(2)18-9)8-17-13-5-4-11(15)6-10(13)7-16/h4-6,17H,8H2,1-3H3. The number of anilines is 1. The van der Waals surface area contributed by atoms with Crippen LogP contribution in [0.2, 0.25) is 0 Å². The minimum Gasteiger partial charge on any atom is -0.481 e. The molecule has 0 spiro atoms. The second-order valence-corrected chi connectivity index (χ2v) is 5.27. The van der Waals surface area contributed by atoms with E-state index < -0.39 is 0 Å². The summed E-state index contributed by atoms with van der Waals surface area (Å²) in [6, 6.07) is 7.74. The predicted octanol–water partition coefficient (Wildman–Crippen LogP) is 2.98. The highest BCUT2D eigenvalue weighted by atomic mass is 79.9. The smallest absolute Gasteiger partial charge is 0.216 e. The maximum Gasteiger partial charge on any atom is 0.216 e. The quantitative estimate of drug-likeness (QED) is 0.933. The number of ether oxygens (including phenoxy) is 1. The number of methoxy groups -OCH3 is 1. The molecule has 1 N–H and O–H groups in total. The van der Waals surface area contributed by atoms with Gasteiger partial charge in [-0.05, 0) is 25.1 Å². The molecule has 0 aliphatic rings. The maximum atomic E-state index is 9.15. The van der Waals surface area contributed by atoms with Crippen molar-refractivity contribution in [3.63, 3.8) is 0 Å². The van der Waals surface area contributed by atoms with Crippen molar-refractivity contribution in [2.24, 2.45) is 7.05 Å². The van der Waals surface area contributed by atoms with Gasteiger partial charge >= 0.3 is 0 Å². The van der Waals surface area contributed by atoms with Crippen molar-refractivity contribution in [2.45, 2.75) is 13.5 Å². The molecule has 5 nitrogen and oxygen atoms in total. The van der Waals surface area contributed by atoms with Crippen LogP contribution in [0.1, 0.15) is 16.8 Å². The molecule has 0 aliphatic carbocycles. The van der Waals surface area contributed by atoms with Gasteiger partial charge in [0.15, 0.2) is 0 Å². The van der Waals surface area contributed by atoms with E-state index in [1.54, 1.807) is 17.9 Å². The molecule has 1 aromatic carbocycles. The van der Waals surface area contributed by atoms with Gasteiger partial charge in [0.05, 0.1) is 29.6 Å². The van der Waals surface area contributed by atoms with Crippen molar-refractivity contribution in [3.8, 4) is 11.9 Å². The Bertz CT molecular complexity index is 673. The number of nitrogens with zero attached hydrogens (tertiary/aromatic N) is 3. The molecule has 0 amide bonds. The van der Waals surface area contributed by atoms with Gasteiger partial charge in [-0.1, -0.05) is 15.9 Å². The lowest BCUT2D eigenvalue weighted by molar-refractivity contribution is 0.370. The van der Waals surface area contributed by atoms with Gasteiger partial charge in [-0.3, -0.25) is 0 Å². The fourth-order valence-corrected chi connectivity index (χ4v) is 2.45. The lowest BCUT2D eigenvalue weighted by Crippen LogP contribution is -2.04. The number of hydrogen-bond acceptors (Lipinski definition) is 4. The van der Waals surface area contributed by atoms with Gasteiger partial charge < -0.3 is 10.1 Å². The summed E-state index contributed by atoms with van der Waals surface area (Å²) >= 11 is 3.36.